The van der Waals surface area contributed by atoms with Crippen LogP contribution in [-0.2, 0) is 9.53 Å². The molecule has 0 fully saturated rings. The molecule has 0 saturated heterocycles. The van der Waals surface area contributed by atoms with E-state index in [0.717, 1.165) is 0 Å². The molecule has 0 spiro atoms. The molecule has 0 aliphatic carbocycles. The molecule has 0 bridgehead atoms. The Hall–Kier alpha value is -3.62. The Morgan fingerprint density at radius 1 is 1.08 bits per heavy atom. The lowest BCUT2D eigenvalue weighted by Gasteiger charge is -2.11. The Bertz CT molecular complexity index is 818. The van der Waals surface area contributed by atoms with Gasteiger partial charge < -0.3 is 19.5 Å². The summed E-state index contributed by atoms with van der Waals surface area (Å²) in [4.78, 5) is 33.8. The van der Waals surface area contributed by atoms with Crippen molar-refractivity contribution in [3.8, 4) is 11.5 Å². The number of hydrogen-bond donors (Lipinski definition) is 1. The van der Waals surface area contributed by atoms with Gasteiger partial charge in [0.05, 0.1) is 30.4 Å². The van der Waals surface area contributed by atoms with Crippen molar-refractivity contribution >= 4 is 23.3 Å². The summed E-state index contributed by atoms with van der Waals surface area (Å²) < 4.78 is 15.1. The molecule has 2 aromatic carbocycles. The van der Waals surface area contributed by atoms with Gasteiger partial charge in [0.2, 0.25) is 0 Å². The lowest BCUT2D eigenvalue weighted by Crippen LogP contribution is -2.21. The van der Waals surface area contributed by atoms with Crippen molar-refractivity contribution in [3.05, 3.63) is 58.1 Å². The van der Waals surface area contributed by atoms with Gasteiger partial charge in [-0.25, -0.2) is 4.79 Å². The summed E-state index contributed by atoms with van der Waals surface area (Å²) >= 11 is 0. The van der Waals surface area contributed by atoms with Crippen molar-refractivity contribution in [2.45, 2.75) is 0 Å². The van der Waals surface area contributed by atoms with Crippen molar-refractivity contribution in [3.63, 3.8) is 0 Å². The minimum absolute atomic E-state index is 0.102. The van der Waals surface area contributed by atoms with Gasteiger partial charge in [0.25, 0.3) is 11.6 Å². The molecule has 0 radical (unpaired) electrons. The molecule has 0 atom stereocenters. The second-order valence-electron chi connectivity index (χ2n) is 4.99. The first-order valence-corrected chi connectivity index (χ1v) is 7.38. The van der Waals surface area contributed by atoms with E-state index < -0.39 is 23.4 Å². The van der Waals surface area contributed by atoms with Crippen molar-refractivity contribution in [2.24, 2.45) is 0 Å². The van der Waals surface area contributed by atoms with Gasteiger partial charge in [-0.2, -0.15) is 0 Å². The van der Waals surface area contributed by atoms with Gasteiger partial charge in [-0.05, 0) is 24.3 Å². The van der Waals surface area contributed by atoms with E-state index in [1.807, 2.05) is 0 Å². The fourth-order valence-electron chi connectivity index (χ4n) is 2.02. The third-order valence-electron chi connectivity index (χ3n) is 3.33. The monoisotopic (exact) mass is 360 g/mol. The molecule has 136 valence electrons. The molecule has 0 unspecified atom stereocenters. The molecule has 26 heavy (non-hydrogen) atoms. The summed E-state index contributed by atoms with van der Waals surface area (Å²) in [6, 6.07) is 9.70. The van der Waals surface area contributed by atoms with E-state index in [1.54, 1.807) is 18.2 Å². The van der Waals surface area contributed by atoms with Gasteiger partial charge >= 0.3 is 5.97 Å². The van der Waals surface area contributed by atoms with Crippen LogP contribution >= 0.6 is 0 Å². The Morgan fingerprint density at radius 3 is 2.35 bits per heavy atom. The fraction of sp³-hybridized carbons (Fsp3) is 0.176. The molecule has 0 heterocycles. The van der Waals surface area contributed by atoms with Crippen LogP contribution in [0, 0.1) is 10.1 Å². The topological polar surface area (TPSA) is 117 Å². The van der Waals surface area contributed by atoms with Crippen LogP contribution in [0.25, 0.3) is 0 Å². The number of amides is 1. The number of nitrogens with one attached hydrogen (secondary N) is 1. The Labute approximate surface area is 148 Å². The molecule has 0 saturated carbocycles. The smallest absolute Gasteiger partial charge is 0.338 e. The molecule has 0 aliphatic rings. The number of carbonyl (C=O) groups excluding carboxylic acids is 2. The van der Waals surface area contributed by atoms with Crippen molar-refractivity contribution in [2.75, 3.05) is 26.1 Å². The summed E-state index contributed by atoms with van der Waals surface area (Å²) in [5.41, 5.74) is 0.348. The maximum Gasteiger partial charge on any atom is 0.338 e. The number of non-ortho nitro benzene ring substituents is 1. The SMILES string of the molecule is COc1ccc(NC(=O)COC(=O)c2ccc([N+](=O)[O-])cc2)c(OC)c1. The lowest BCUT2D eigenvalue weighted by molar-refractivity contribution is -0.384. The van der Waals surface area contributed by atoms with Crippen LogP contribution in [0.4, 0.5) is 11.4 Å². The predicted octanol–water partition coefficient (Wildman–Crippen LogP) is 2.41. The van der Waals surface area contributed by atoms with E-state index in [1.165, 1.54) is 38.5 Å². The first-order valence-electron chi connectivity index (χ1n) is 7.38. The summed E-state index contributed by atoms with van der Waals surface area (Å²) in [5.74, 6) is -0.385. The van der Waals surface area contributed by atoms with E-state index in [4.69, 9.17) is 14.2 Å². The molecule has 0 aliphatic heterocycles. The highest BCUT2D eigenvalue weighted by molar-refractivity contribution is 5.96. The second-order valence-corrected chi connectivity index (χ2v) is 4.99. The lowest BCUT2D eigenvalue weighted by atomic mass is 10.2. The van der Waals surface area contributed by atoms with Crippen LogP contribution in [-0.4, -0.2) is 37.6 Å². The average molecular weight is 360 g/mol. The normalized spacial score (nSPS) is 9.92. The number of carbonyl (C=O) groups is 2. The maximum atomic E-state index is 11.9. The van der Waals surface area contributed by atoms with Crippen LogP contribution in [0.15, 0.2) is 42.5 Å². The number of hydrogen-bond acceptors (Lipinski definition) is 7. The summed E-state index contributed by atoms with van der Waals surface area (Å²) in [5, 5.41) is 13.1. The molecule has 1 amide bonds. The van der Waals surface area contributed by atoms with Crippen molar-refractivity contribution < 1.29 is 28.7 Å². The zero-order valence-corrected chi connectivity index (χ0v) is 14.1. The second kappa shape index (κ2) is 8.47. The largest absolute Gasteiger partial charge is 0.497 e. The Kier molecular flexibility index (Phi) is 6.10. The molecule has 0 aromatic heterocycles. The third kappa shape index (κ3) is 4.69. The summed E-state index contributed by atoms with van der Waals surface area (Å²) in [7, 11) is 2.95. The highest BCUT2D eigenvalue weighted by Crippen LogP contribution is 2.28. The molecular formula is C17H16N2O7. The van der Waals surface area contributed by atoms with E-state index in [-0.39, 0.29) is 11.3 Å². The number of esters is 1. The van der Waals surface area contributed by atoms with Crippen LogP contribution < -0.4 is 14.8 Å². The highest BCUT2D eigenvalue weighted by Gasteiger charge is 2.14. The first kappa shape index (κ1) is 18.7. The zero-order chi connectivity index (χ0) is 19.1. The molecule has 2 aromatic rings. The number of rotatable bonds is 7. The van der Waals surface area contributed by atoms with Crippen molar-refractivity contribution in [1.29, 1.82) is 0 Å². The van der Waals surface area contributed by atoms with Crippen LogP contribution in [0.1, 0.15) is 10.4 Å². The number of nitro benzene ring substituents is 1. The Balaban J connectivity index is 1.94. The number of anilines is 1. The van der Waals surface area contributed by atoms with E-state index in [2.05, 4.69) is 5.32 Å². The van der Waals surface area contributed by atoms with Crippen molar-refractivity contribution in [1.82, 2.24) is 0 Å². The van der Waals surface area contributed by atoms with Crippen LogP contribution in [0.5, 0.6) is 11.5 Å². The highest BCUT2D eigenvalue weighted by atomic mass is 16.6. The quantitative estimate of drug-likeness (QED) is 0.458. The number of nitro groups is 1. The average Bonchev–Trinajstić information content (AvgIpc) is 2.66. The fourth-order valence-corrected chi connectivity index (χ4v) is 2.02. The molecule has 2 rings (SSSR count). The van der Waals surface area contributed by atoms with E-state index in [9.17, 15) is 19.7 Å². The molecule has 1 N–H and O–H groups in total. The number of ether oxygens (including phenoxy) is 3. The standard InChI is InChI=1S/C17H16N2O7/c1-24-13-7-8-14(15(9-13)25-2)18-16(20)10-26-17(21)11-3-5-12(6-4-11)19(22)23/h3-9H,10H2,1-2H3,(H,18,20). The van der Waals surface area contributed by atoms with Gasteiger partial charge in [-0.1, -0.05) is 0 Å². The first-order chi connectivity index (χ1) is 12.4. The zero-order valence-electron chi connectivity index (χ0n) is 14.1. The number of methoxy groups -OCH3 is 2. The minimum Gasteiger partial charge on any atom is -0.497 e. The molecular weight excluding hydrogens is 344 g/mol. The maximum absolute atomic E-state index is 11.9. The van der Waals surface area contributed by atoms with Gasteiger partial charge in [-0.3, -0.25) is 14.9 Å². The third-order valence-corrected chi connectivity index (χ3v) is 3.33. The van der Waals surface area contributed by atoms with E-state index in [0.29, 0.717) is 17.2 Å². The molecule has 9 heteroatoms. The van der Waals surface area contributed by atoms with Crippen LogP contribution in [0.2, 0.25) is 0 Å². The predicted molar refractivity (Wildman–Crippen MR) is 91.6 cm³/mol. The minimum atomic E-state index is -0.767. The van der Waals surface area contributed by atoms with Gasteiger partial charge in [-0.15, -0.1) is 0 Å². The summed E-state index contributed by atoms with van der Waals surface area (Å²) in [6.45, 7) is -0.523. The summed E-state index contributed by atoms with van der Waals surface area (Å²) in [6.07, 6.45) is 0. The van der Waals surface area contributed by atoms with Gasteiger partial charge in [0.15, 0.2) is 6.61 Å². The number of benzene rings is 2. The van der Waals surface area contributed by atoms with Crippen LogP contribution in [0.3, 0.4) is 0 Å². The van der Waals surface area contributed by atoms with Gasteiger partial charge in [0.1, 0.15) is 11.5 Å². The Morgan fingerprint density at radius 2 is 1.77 bits per heavy atom. The van der Waals surface area contributed by atoms with E-state index >= 15 is 0 Å². The number of nitrogens with zero attached hydrogens (tertiary/aromatic N) is 1. The van der Waals surface area contributed by atoms with Gasteiger partial charge in [0, 0.05) is 18.2 Å². The molecule has 9 nitrogen and oxygen atoms in total.